The van der Waals surface area contributed by atoms with Crippen molar-refractivity contribution in [3.8, 4) is 5.75 Å². The molecule has 0 saturated carbocycles. The van der Waals surface area contributed by atoms with Gasteiger partial charge in [0.15, 0.2) is 0 Å². The molecule has 1 aliphatic heterocycles. The van der Waals surface area contributed by atoms with Gasteiger partial charge in [-0.15, -0.1) is 0 Å². The molecule has 3 rings (SSSR count). The highest BCUT2D eigenvalue weighted by molar-refractivity contribution is 7.89. The zero-order valence-corrected chi connectivity index (χ0v) is 18.6. The number of nitrogens with zero attached hydrogens (tertiary/aromatic N) is 2. The molecule has 30 heavy (non-hydrogen) atoms. The fraction of sp³-hybridized carbons (Fsp3) is 0.409. The van der Waals surface area contributed by atoms with Crippen LogP contribution >= 0.6 is 11.6 Å². The Balaban J connectivity index is 1.43. The summed E-state index contributed by atoms with van der Waals surface area (Å²) in [6.45, 7) is 1.80. The standard InChI is InChI=1S/C22H27ClN2O4S/c1-24(13-6-16-29-20-8-5-7-19(23)17-20)22(26)18-11-14-25(15-12-18)30(27,28)21-9-3-2-4-10-21/h2-5,7-10,17-18H,6,11-16H2,1H3. The summed E-state index contributed by atoms with van der Waals surface area (Å²) in [5, 5.41) is 0.625. The van der Waals surface area contributed by atoms with Gasteiger partial charge >= 0.3 is 0 Å². The number of amides is 1. The topological polar surface area (TPSA) is 66.9 Å². The van der Waals surface area contributed by atoms with E-state index in [1.54, 1.807) is 54.4 Å². The maximum Gasteiger partial charge on any atom is 0.243 e. The highest BCUT2D eigenvalue weighted by Crippen LogP contribution is 2.25. The van der Waals surface area contributed by atoms with E-state index in [0.29, 0.717) is 61.2 Å². The second-order valence-corrected chi connectivity index (χ2v) is 9.78. The van der Waals surface area contributed by atoms with Crippen LogP contribution in [-0.2, 0) is 14.8 Å². The lowest BCUT2D eigenvalue weighted by atomic mass is 9.96. The summed E-state index contributed by atoms with van der Waals surface area (Å²) in [7, 11) is -1.71. The van der Waals surface area contributed by atoms with Crippen LogP contribution in [0.1, 0.15) is 19.3 Å². The Labute approximate surface area is 183 Å². The van der Waals surface area contributed by atoms with Crippen molar-refractivity contribution in [3.63, 3.8) is 0 Å². The molecule has 2 aromatic carbocycles. The van der Waals surface area contributed by atoms with E-state index in [9.17, 15) is 13.2 Å². The van der Waals surface area contributed by atoms with E-state index in [0.717, 1.165) is 0 Å². The Bertz CT molecular complexity index is 945. The van der Waals surface area contributed by atoms with Gasteiger partial charge in [-0.1, -0.05) is 35.9 Å². The number of halogens is 1. The first-order valence-electron chi connectivity index (χ1n) is 10.1. The zero-order chi connectivity index (χ0) is 21.6. The largest absolute Gasteiger partial charge is 0.493 e. The van der Waals surface area contributed by atoms with Crippen LogP contribution in [0.25, 0.3) is 0 Å². The van der Waals surface area contributed by atoms with Crippen molar-refractivity contribution in [2.24, 2.45) is 5.92 Å². The average Bonchev–Trinajstić information content (AvgIpc) is 2.77. The molecule has 0 unspecified atom stereocenters. The van der Waals surface area contributed by atoms with Crippen molar-refractivity contribution in [3.05, 3.63) is 59.6 Å². The van der Waals surface area contributed by atoms with Gasteiger partial charge in [-0.2, -0.15) is 4.31 Å². The molecule has 2 aromatic rings. The highest BCUT2D eigenvalue weighted by atomic mass is 35.5. The zero-order valence-electron chi connectivity index (χ0n) is 17.0. The molecule has 1 aliphatic rings. The Morgan fingerprint density at radius 2 is 1.83 bits per heavy atom. The van der Waals surface area contributed by atoms with Crippen LogP contribution in [0.4, 0.5) is 0 Å². The van der Waals surface area contributed by atoms with Crippen LogP contribution in [0, 0.1) is 5.92 Å². The summed E-state index contributed by atoms with van der Waals surface area (Å²) in [5.74, 6) is 0.629. The minimum atomic E-state index is -3.50. The molecule has 0 radical (unpaired) electrons. The lowest BCUT2D eigenvalue weighted by molar-refractivity contribution is -0.135. The van der Waals surface area contributed by atoms with Gasteiger partial charge in [0, 0.05) is 37.6 Å². The maximum absolute atomic E-state index is 12.7. The molecule has 1 saturated heterocycles. The molecule has 1 fully saturated rings. The van der Waals surface area contributed by atoms with Crippen molar-refractivity contribution in [2.75, 3.05) is 33.3 Å². The minimum Gasteiger partial charge on any atom is -0.493 e. The predicted molar refractivity (Wildman–Crippen MR) is 117 cm³/mol. The molecule has 0 N–H and O–H groups in total. The molecule has 0 atom stereocenters. The monoisotopic (exact) mass is 450 g/mol. The van der Waals surface area contributed by atoms with Crippen molar-refractivity contribution in [1.82, 2.24) is 9.21 Å². The smallest absolute Gasteiger partial charge is 0.243 e. The average molecular weight is 451 g/mol. The second-order valence-electron chi connectivity index (χ2n) is 7.41. The quantitative estimate of drug-likeness (QED) is 0.575. The number of hydrogen-bond acceptors (Lipinski definition) is 4. The van der Waals surface area contributed by atoms with Gasteiger partial charge in [-0.05, 0) is 49.6 Å². The van der Waals surface area contributed by atoms with E-state index in [-0.39, 0.29) is 11.8 Å². The molecule has 162 valence electrons. The number of rotatable bonds is 8. The minimum absolute atomic E-state index is 0.0644. The van der Waals surface area contributed by atoms with Crippen LogP contribution < -0.4 is 4.74 Å². The number of hydrogen-bond donors (Lipinski definition) is 0. The summed E-state index contributed by atoms with van der Waals surface area (Å²) in [6.07, 6.45) is 1.78. The van der Waals surface area contributed by atoms with E-state index >= 15 is 0 Å². The third kappa shape index (κ3) is 5.74. The number of ether oxygens (including phenoxy) is 1. The van der Waals surface area contributed by atoms with Gasteiger partial charge in [-0.3, -0.25) is 4.79 Å². The van der Waals surface area contributed by atoms with Gasteiger partial charge in [0.1, 0.15) is 5.75 Å². The number of carbonyl (C=O) groups is 1. The van der Waals surface area contributed by atoms with Crippen molar-refractivity contribution >= 4 is 27.5 Å². The van der Waals surface area contributed by atoms with Gasteiger partial charge in [0.2, 0.25) is 15.9 Å². The highest BCUT2D eigenvalue weighted by Gasteiger charge is 2.32. The molecule has 8 heteroatoms. The number of piperidine rings is 1. The van der Waals surface area contributed by atoms with E-state index in [1.165, 1.54) is 4.31 Å². The van der Waals surface area contributed by atoms with Crippen LogP contribution in [0.2, 0.25) is 5.02 Å². The fourth-order valence-electron chi connectivity index (χ4n) is 3.56. The lowest BCUT2D eigenvalue weighted by Gasteiger charge is -2.32. The summed E-state index contributed by atoms with van der Waals surface area (Å²) >= 11 is 5.93. The Kier molecular flexibility index (Phi) is 7.75. The first-order chi connectivity index (χ1) is 14.4. The van der Waals surface area contributed by atoms with E-state index in [1.807, 2.05) is 12.1 Å². The van der Waals surface area contributed by atoms with Crippen molar-refractivity contribution in [2.45, 2.75) is 24.2 Å². The second kappa shape index (κ2) is 10.3. The number of sulfonamides is 1. The Hall–Kier alpha value is -2.09. The van der Waals surface area contributed by atoms with Gasteiger partial charge in [0.25, 0.3) is 0 Å². The molecule has 6 nitrogen and oxygen atoms in total. The van der Waals surface area contributed by atoms with Gasteiger partial charge in [0.05, 0.1) is 11.5 Å². The van der Waals surface area contributed by atoms with Crippen LogP contribution in [-0.4, -0.2) is 56.8 Å². The maximum atomic E-state index is 12.7. The molecular weight excluding hydrogens is 424 g/mol. The molecule has 0 aliphatic carbocycles. The lowest BCUT2D eigenvalue weighted by Crippen LogP contribution is -2.43. The van der Waals surface area contributed by atoms with Crippen LogP contribution in [0.3, 0.4) is 0 Å². The molecular formula is C22H27ClN2O4S. The molecule has 0 bridgehead atoms. The summed E-state index contributed by atoms with van der Waals surface area (Å²) in [4.78, 5) is 14.7. The first-order valence-corrected chi connectivity index (χ1v) is 11.9. The summed E-state index contributed by atoms with van der Waals surface area (Å²) in [6, 6.07) is 15.7. The third-order valence-electron chi connectivity index (χ3n) is 5.26. The van der Waals surface area contributed by atoms with Crippen LogP contribution in [0.5, 0.6) is 5.75 Å². The normalized spacial score (nSPS) is 15.7. The summed E-state index contributed by atoms with van der Waals surface area (Å²) < 4.78 is 32.6. The van der Waals surface area contributed by atoms with E-state index in [4.69, 9.17) is 16.3 Å². The predicted octanol–water partition coefficient (Wildman–Crippen LogP) is 3.67. The van der Waals surface area contributed by atoms with Crippen LogP contribution in [0.15, 0.2) is 59.5 Å². The van der Waals surface area contributed by atoms with Crippen molar-refractivity contribution in [1.29, 1.82) is 0 Å². The molecule has 0 aromatic heterocycles. The van der Waals surface area contributed by atoms with E-state index in [2.05, 4.69) is 0 Å². The van der Waals surface area contributed by atoms with Gasteiger partial charge < -0.3 is 9.64 Å². The molecule has 0 spiro atoms. The van der Waals surface area contributed by atoms with Gasteiger partial charge in [-0.25, -0.2) is 8.42 Å². The summed E-state index contributed by atoms with van der Waals surface area (Å²) in [5.41, 5.74) is 0. The third-order valence-corrected chi connectivity index (χ3v) is 7.41. The number of carbonyl (C=O) groups excluding carboxylic acids is 1. The van der Waals surface area contributed by atoms with Crippen molar-refractivity contribution < 1.29 is 17.9 Å². The SMILES string of the molecule is CN(CCCOc1cccc(Cl)c1)C(=O)C1CCN(S(=O)(=O)c2ccccc2)CC1. The Morgan fingerprint density at radius 1 is 1.13 bits per heavy atom. The molecule has 1 heterocycles. The van der Waals surface area contributed by atoms with E-state index < -0.39 is 10.0 Å². The number of benzene rings is 2. The fourth-order valence-corrected chi connectivity index (χ4v) is 5.23. The Morgan fingerprint density at radius 3 is 2.50 bits per heavy atom. The molecule has 1 amide bonds. The first kappa shape index (κ1) is 22.6.